The van der Waals surface area contributed by atoms with Gasteiger partial charge >= 0.3 is 0 Å². The minimum absolute atomic E-state index is 0.0443. The number of carbonyl (C=O) groups is 1. The van der Waals surface area contributed by atoms with Crippen LogP contribution in [0, 0.1) is 0 Å². The molecule has 0 saturated heterocycles. The van der Waals surface area contributed by atoms with Crippen LogP contribution < -0.4 is 10.0 Å². The summed E-state index contributed by atoms with van der Waals surface area (Å²) in [7, 11) is -2.47. The van der Waals surface area contributed by atoms with Gasteiger partial charge in [-0.2, -0.15) is 0 Å². The zero-order chi connectivity index (χ0) is 16.6. The lowest BCUT2D eigenvalue weighted by Crippen LogP contribution is -2.20. The third kappa shape index (κ3) is 3.52. The lowest BCUT2D eigenvalue weighted by Gasteiger charge is -2.07. The van der Waals surface area contributed by atoms with E-state index in [-0.39, 0.29) is 15.5 Å². The van der Waals surface area contributed by atoms with E-state index in [1.807, 2.05) is 0 Å². The highest BCUT2D eigenvalue weighted by Crippen LogP contribution is 2.42. The summed E-state index contributed by atoms with van der Waals surface area (Å²) in [5, 5.41) is 11.9. The van der Waals surface area contributed by atoms with Crippen LogP contribution in [0.25, 0.3) is 0 Å². The Morgan fingerprint density at radius 1 is 1.35 bits per heavy atom. The van der Waals surface area contributed by atoms with Crippen molar-refractivity contribution in [1.29, 1.82) is 0 Å². The maximum Gasteiger partial charge on any atom is 0.257 e. The number of hydrogen-bond acceptors (Lipinski definition) is 6. The number of aromatic nitrogens is 2. The number of anilines is 1. The first-order valence-electron chi connectivity index (χ1n) is 6.78. The van der Waals surface area contributed by atoms with E-state index in [4.69, 9.17) is 11.6 Å². The van der Waals surface area contributed by atoms with Gasteiger partial charge in [0.05, 0.1) is 5.02 Å². The molecule has 2 aromatic rings. The van der Waals surface area contributed by atoms with Crippen LogP contribution in [0.1, 0.15) is 34.1 Å². The molecule has 0 unspecified atom stereocenters. The molecule has 7 nitrogen and oxygen atoms in total. The summed E-state index contributed by atoms with van der Waals surface area (Å²) in [5.41, 5.74) is 0.173. The quantitative estimate of drug-likeness (QED) is 0.838. The summed E-state index contributed by atoms with van der Waals surface area (Å²) in [6.45, 7) is 0. The first-order valence-corrected chi connectivity index (χ1v) is 9.46. The fourth-order valence-electron chi connectivity index (χ4n) is 1.91. The molecule has 0 aliphatic heterocycles. The number of hydrogen-bond donors (Lipinski definition) is 2. The molecule has 0 atom stereocenters. The van der Waals surface area contributed by atoms with Gasteiger partial charge < -0.3 is 0 Å². The van der Waals surface area contributed by atoms with Crippen LogP contribution in [0.15, 0.2) is 23.1 Å². The molecule has 3 rings (SSSR count). The summed E-state index contributed by atoms with van der Waals surface area (Å²) in [6, 6.07) is 4.05. The van der Waals surface area contributed by atoms with Crippen molar-refractivity contribution in [3.63, 3.8) is 0 Å². The van der Waals surface area contributed by atoms with Gasteiger partial charge in [-0.25, -0.2) is 13.1 Å². The van der Waals surface area contributed by atoms with E-state index >= 15 is 0 Å². The van der Waals surface area contributed by atoms with Gasteiger partial charge in [0.1, 0.15) is 9.90 Å². The Bertz CT molecular complexity index is 862. The third-order valence-electron chi connectivity index (χ3n) is 3.34. The van der Waals surface area contributed by atoms with Gasteiger partial charge in [-0.3, -0.25) is 10.1 Å². The molecular weight excluding hydrogens is 360 g/mol. The van der Waals surface area contributed by atoms with Crippen molar-refractivity contribution in [3.05, 3.63) is 33.8 Å². The molecule has 10 heteroatoms. The lowest BCUT2D eigenvalue weighted by atomic mass is 10.2. The Morgan fingerprint density at radius 2 is 2.09 bits per heavy atom. The maximum absolute atomic E-state index is 12.3. The highest BCUT2D eigenvalue weighted by molar-refractivity contribution is 7.89. The van der Waals surface area contributed by atoms with Gasteiger partial charge in [0.15, 0.2) is 0 Å². The minimum Gasteiger partial charge on any atom is -0.296 e. The SMILES string of the molecule is CNS(=O)(=O)c1cc(C(=O)Nc2nnc(C3CC3)s2)ccc1Cl. The molecule has 1 amide bonds. The van der Waals surface area contributed by atoms with Crippen LogP contribution >= 0.6 is 22.9 Å². The van der Waals surface area contributed by atoms with Crippen molar-refractivity contribution >= 4 is 44.0 Å². The molecule has 122 valence electrons. The number of rotatable bonds is 5. The van der Waals surface area contributed by atoms with Gasteiger partial charge in [-0.05, 0) is 38.1 Å². The van der Waals surface area contributed by atoms with Crippen molar-refractivity contribution in [2.75, 3.05) is 12.4 Å². The lowest BCUT2D eigenvalue weighted by molar-refractivity contribution is 0.102. The van der Waals surface area contributed by atoms with E-state index in [0.29, 0.717) is 11.0 Å². The molecule has 1 aliphatic rings. The Balaban J connectivity index is 1.82. The fourth-order valence-corrected chi connectivity index (χ4v) is 4.07. The van der Waals surface area contributed by atoms with Gasteiger partial charge in [0.2, 0.25) is 15.2 Å². The second-order valence-electron chi connectivity index (χ2n) is 5.03. The zero-order valence-electron chi connectivity index (χ0n) is 12.0. The Kier molecular flexibility index (Phi) is 4.37. The summed E-state index contributed by atoms with van der Waals surface area (Å²) < 4.78 is 26.0. The van der Waals surface area contributed by atoms with Gasteiger partial charge in [0.25, 0.3) is 5.91 Å². The van der Waals surface area contributed by atoms with Crippen molar-refractivity contribution < 1.29 is 13.2 Å². The molecule has 0 radical (unpaired) electrons. The second kappa shape index (κ2) is 6.16. The summed E-state index contributed by atoms with van der Waals surface area (Å²) >= 11 is 7.23. The predicted octanol–water partition coefficient (Wildman–Crippen LogP) is 2.23. The van der Waals surface area contributed by atoms with Crippen molar-refractivity contribution in [3.8, 4) is 0 Å². The normalized spacial score (nSPS) is 14.7. The number of nitrogens with zero attached hydrogens (tertiary/aromatic N) is 2. The number of amides is 1. The van der Waals surface area contributed by atoms with Crippen LogP contribution in [0.2, 0.25) is 5.02 Å². The first-order chi connectivity index (χ1) is 10.9. The largest absolute Gasteiger partial charge is 0.296 e. The highest BCUT2D eigenvalue weighted by Gasteiger charge is 2.28. The van der Waals surface area contributed by atoms with Gasteiger partial charge in [-0.15, -0.1) is 10.2 Å². The molecule has 2 N–H and O–H groups in total. The van der Waals surface area contributed by atoms with E-state index in [1.165, 1.54) is 36.6 Å². The average Bonchev–Trinajstić information content (AvgIpc) is 3.27. The third-order valence-corrected chi connectivity index (χ3v) is 6.24. The maximum atomic E-state index is 12.3. The summed E-state index contributed by atoms with van der Waals surface area (Å²) in [6.07, 6.45) is 2.20. The molecule has 1 aromatic carbocycles. The number of halogens is 1. The van der Waals surface area contributed by atoms with Gasteiger partial charge in [-0.1, -0.05) is 22.9 Å². The summed E-state index contributed by atoms with van der Waals surface area (Å²) in [5.74, 6) is -0.00576. The van der Waals surface area contributed by atoms with E-state index < -0.39 is 15.9 Å². The second-order valence-corrected chi connectivity index (χ2v) is 8.30. The molecule has 23 heavy (non-hydrogen) atoms. The monoisotopic (exact) mass is 372 g/mol. The highest BCUT2D eigenvalue weighted by atomic mass is 35.5. The average molecular weight is 373 g/mol. The minimum atomic E-state index is -3.74. The topological polar surface area (TPSA) is 101 Å². The molecule has 1 aliphatic carbocycles. The van der Waals surface area contributed by atoms with Crippen molar-refractivity contribution in [2.45, 2.75) is 23.7 Å². The van der Waals surface area contributed by atoms with Crippen LogP contribution in [-0.2, 0) is 10.0 Å². The molecule has 1 fully saturated rings. The molecular formula is C13H13ClN4O3S2. The number of sulfonamides is 1. The van der Waals surface area contributed by atoms with E-state index in [0.717, 1.165) is 17.8 Å². The first kappa shape index (κ1) is 16.3. The molecule has 1 heterocycles. The Morgan fingerprint density at radius 3 is 2.74 bits per heavy atom. The van der Waals surface area contributed by atoms with Crippen molar-refractivity contribution in [2.24, 2.45) is 0 Å². The van der Waals surface area contributed by atoms with Crippen molar-refractivity contribution in [1.82, 2.24) is 14.9 Å². The molecule has 0 bridgehead atoms. The molecule has 1 aromatic heterocycles. The Hall–Kier alpha value is -1.55. The van der Waals surface area contributed by atoms with E-state index in [1.54, 1.807) is 0 Å². The fraction of sp³-hybridized carbons (Fsp3) is 0.308. The number of nitrogens with one attached hydrogen (secondary N) is 2. The van der Waals surface area contributed by atoms with E-state index in [9.17, 15) is 13.2 Å². The van der Waals surface area contributed by atoms with Gasteiger partial charge in [0, 0.05) is 11.5 Å². The number of benzene rings is 1. The Labute approximate surface area is 142 Å². The van der Waals surface area contributed by atoms with Crippen LogP contribution in [0.4, 0.5) is 5.13 Å². The van der Waals surface area contributed by atoms with E-state index in [2.05, 4.69) is 20.2 Å². The van der Waals surface area contributed by atoms with Crippen LogP contribution in [0.5, 0.6) is 0 Å². The predicted molar refractivity (Wildman–Crippen MR) is 87.5 cm³/mol. The standard InChI is InChI=1S/C13H13ClN4O3S2/c1-15-23(20,21)10-6-8(4-5-9(10)14)11(19)16-13-18-17-12(22-13)7-2-3-7/h4-7,15H,2-3H2,1H3,(H,16,18,19). The van der Waals surface area contributed by atoms with Crippen LogP contribution in [0.3, 0.4) is 0 Å². The number of carbonyl (C=O) groups excluding carboxylic acids is 1. The summed E-state index contributed by atoms with van der Waals surface area (Å²) in [4.78, 5) is 12.1. The van der Waals surface area contributed by atoms with Crippen LogP contribution in [-0.4, -0.2) is 31.6 Å². The zero-order valence-corrected chi connectivity index (χ0v) is 14.4. The molecule has 1 saturated carbocycles. The smallest absolute Gasteiger partial charge is 0.257 e. The molecule has 0 spiro atoms.